The number of nitrogens with two attached hydrogens (primary N) is 1. The van der Waals surface area contributed by atoms with E-state index in [-0.39, 0.29) is 6.04 Å². The molecule has 3 N–H and O–H groups in total. The van der Waals surface area contributed by atoms with Gasteiger partial charge in [0.15, 0.2) is 0 Å². The van der Waals surface area contributed by atoms with Crippen molar-refractivity contribution in [3.05, 3.63) is 83.4 Å². The molecule has 25 heavy (non-hydrogen) atoms. The highest BCUT2D eigenvalue weighted by molar-refractivity contribution is 6.30. The molecule has 124 valence electrons. The summed E-state index contributed by atoms with van der Waals surface area (Å²) in [6, 6.07) is 17.6. The number of benzene rings is 2. The molecule has 1 atom stereocenters. The topological polar surface area (TPSA) is 67.6 Å². The van der Waals surface area contributed by atoms with Gasteiger partial charge in [-0.25, -0.2) is 4.98 Å². The normalized spacial score (nSPS) is 12.4. The highest BCUT2D eigenvalue weighted by Crippen LogP contribution is 2.24. The van der Waals surface area contributed by atoms with E-state index in [2.05, 4.69) is 27.1 Å². The zero-order chi connectivity index (χ0) is 17.2. The SMILES string of the molecule is NC(Cc1ccc(Cl)cc1)c1nc2ccc(-c3cccnc3)cc2[nH]1. The molecule has 0 fully saturated rings. The Balaban J connectivity index is 1.61. The van der Waals surface area contributed by atoms with Gasteiger partial charge in [0.25, 0.3) is 0 Å². The molecule has 5 heteroatoms. The van der Waals surface area contributed by atoms with Crippen LogP contribution in [0.4, 0.5) is 0 Å². The van der Waals surface area contributed by atoms with E-state index in [0.717, 1.165) is 38.6 Å². The Morgan fingerprint density at radius 2 is 1.88 bits per heavy atom. The van der Waals surface area contributed by atoms with Gasteiger partial charge in [-0.3, -0.25) is 4.98 Å². The van der Waals surface area contributed by atoms with Gasteiger partial charge in [0.2, 0.25) is 0 Å². The Bertz CT molecular complexity index is 993. The van der Waals surface area contributed by atoms with Gasteiger partial charge in [-0.2, -0.15) is 0 Å². The van der Waals surface area contributed by atoms with Crippen LogP contribution < -0.4 is 5.73 Å². The number of hydrogen-bond donors (Lipinski definition) is 2. The lowest BCUT2D eigenvalue weighted by atomic mass is 10.1. The van der Waals surface area contributed by atoms with Crippen molar-refractivity contribution >= 4 is 22.6 Å². The van der Waals surface area contributed by atoms with Crippen molar-refractivity contribution in [2.45, 2.75) is 12.5 Å². The largest absolute Gasteiger partial charge is 0.341 e. The van der Waals surface area contributed by atoms with Crippen molar-refractivity contribution < 1.29 is 0 Å². The number of aromatic amines is 1. The van der Waals surface area contributed by atoms with E-state index in [1.165, 1.54) is 0 Å². The predicted molar refractivity (Wildman–Crippen MR) is 101 cm³/mol. The van der Waals surface area contributed by atoms with E-state index in [1.54, 1.807) is 6.20 Å². The van der Waals surface area contributed by atoms with E-state index in [0.29, 0.717) is 6.42 Å². The van der Waals surface area contributed by atoms with E-state index in [4.69, 9.17) is 17.3 Å². The van der Waals surface area contributed by atoms with Crippen LogP contribution in [-0.4, -0.2) is 15.0 Å². The summed E-state index contributed by atoms with van der Waals surface area (Å²) in [7, 11) is 0. The first kappa shape index (κ1) is 15.8. The van der Waals surface area contributed by atoms with Gasteiger partial charge in [0, 0.05) is 23.0 Å². The van der Waals surface area contributed by atoms with Gasteiger partial charge in [-0.15, -0.1) is 0 Å². The Labute approximate surface area is 150 Å². The molecule has 2 heterocycles. The van der Waals surface area contributed by atoms with Crippen LogP contribution in [0.5, 0.6) is 0 Å². The molecule has 4 rings (SSSR count). The minimum Gasteiger partial charge on any atom is -0.341 e. The molecule has 2 aromatic carbocycles. The van der Waals surface area contributed by atoms with Crippen LogP contribution in [0.1, 0.15) is 17.4 Å². The monoisotopic (exact) mass is 348 g/mol. The fourth-order valence-corrected chi connectivity index (χ4v) is 3.02. The van der Waals surface area contributed by atoms with E-state index < -0.39 is 0 Å². The molecular weight excluding hydrogens is 332 g/mol. The summed E-state index contributed by atoms with van der Waals surface area (Å²) >= 11 is 5.93. The predicted octanol–water partition coefficient (Wildman–Crippen LogP) is 4.52. The summed E-state index contributed by atoms with van der Waals surface area (Å²) in [6.45, 7) is 0. The molecule has 0 aliphatic carbocycles. The van der Waals surface area contributed by atoms with Crippen molar-refractivity contribution in [2.24, 2.45) is 5.73 Å². The lowest BCUT2D eigenvalue weighted by Gasteiger charge is -2.08. The zero-order valence-corrected chi connectivity index (χ0v) is 14.2. The number of nitrogens with one attached hydrogen (secondary N) is 1. The van der Waals surface area contributed by atoms with Gasteiger partial charge < -0.3 is 10.7 Å². The highest BCUT2D eigenvalue weighted by atomic mass is 35.5. The van der Waals surface area contributed by atoms with E-state index in [1.807, 2.05) is 48.7 Å². The number of rotatable bonds is 4. The molecule has 0 aliphatic heterocycles. The third kappa shape index (κ3) is 3.40. The lowest BCUT2D eigenvalue weighted by Crippen LogP contribution is -2.14. The van der Waals surface area contributed by atoms with Gasteiger partial charge in [0.1, 0.15) is 5.82 Å². The van der Waals surface area contributed by atoms with Crippen LogP contribution in [0.2, 0.25) is 5.02 Å². The second-order valence-corrected chi connectivity index (χ2v) is 6.47. The van der Waals surface area contributed by atoms with Gasteiger partial charge >= 0.3 is 0 Å². The molecule has 1 unspecified atom stereocenters. The van der Waals surface area contributed by atoms with Gasteiger partial charge in [0.05, 0.1) is 17.1 Å². The average molecular weight is 349 g/mol. The number of halogens is 1. The van der Waals surface area contributed by atoms with Crippen LogP contribution in [-0.2, 0) is 6.42 Å². The van der Waals surface area contributed by atoms with Crippen molar-refractivity contribution in [2.75, 3.05) is 0 Å². The van der Waals surface area contributed by atoms with Crippen molar-refractivity contribution in [3.63, 3.8) is 0 Å². The molecule has 0 amide bonds. The molecule has 0 aliphatic rings. The Morgan fingerprint density at radius 1 is 1.04 bits per heavy atom. The molecule has 0 radical (unpaired) electrons. The molecule has 4 aromatic rings. The first-order valence-electron chi connectivity index (χ1n) is 8.09. The molecule has 0 saturated heterocycles. The number of hydrogen-bond acceptors (Lipinski definition) is 3. The summed E-state index contributed by atoms with van der Waals surface area (Å²) in [6.07, 6.45) is 4.32. The van der Waals surface area contributed by atoms with Gasteiger partial charge in [-0.1, -0.05) is 35.9 Å². The first-order valence-corrected chi connectivity index (χ1v) is 8.47. The Morgan fingerprint density at radius 3 is 2.64 bits per heavy atom. The fourth-order valence-electron chi connectivity index (χ4n) is 2.89. The average Bonchev–Trinajstić information content (AvgIpc) is 3.08. The minimum atomic E-state index is -0.199. The van der Waals surface area contributed by atoms with Gasteiger partial charge in [-0.05, 0) is 47.9 Å². The van der Waals surface area contributed by atoms with Crippen LogP contribution in [0.25, 0.3) is 22.2 Å². The van der Waals surface area contributed by atoms with E-state index >= 15 is 0 Å². The summed E-state index contributed by atoms with van der Waals surface area (Å²) in [5, 5.41) is 0.726. The second-order valence-electron chi connectivity index (χ2n) is 6.03. The number of aromatic nitrogens is 3. The maximum Gasteiger partial charge on any atom is 0.124 e. The number of H-pyrrole nitrogens is 1. The quantitative estimate of drug-likeness (QED) is 0.569. The molecule has 2 aromatic heterocycles. The number of imidazole rings is 1. The van der Waals surface area contributed by atoms with Crippen LogP contribution in [0.15, 0.2) is 67.0 Å². The first-order chi connectivity index (χ1) is 12.2. The smallest absolute Gasteiger partial charge is 0.124 e. The minimum absolute atomic E-state index is 0.199. The summed E-state index contributed by atoms with van der Waals surface area (Å²) in [5.74, 6) is 0.785. The molecule has 4 nitrogen and oxygen atoms in total. The van der Waals surface area contributed by atoms with Crippen molar-refractivity contribution in [1.29, 1.82) is 0 Å². The third-order valence-electron chi connectivity index (χ3n) is 4.22. The second kappa shape index (κ2) is 6.67. The molecule has 0 bridgehead atoms. The Kier molecular flexibility index (Phi) is 4.22. The van der Waals surface area contributed by atoms with Crippen LogP contribution in [0.3, 0.4) is 0 Å². The fraction of sp³-hybridized carbons (Fsp3) is 0.100. The number of fused-ring (bicyclic) bond motifs is 1. The van der Waals surface area contributed by atoms with Crippen LogP contribution in [0, 0.1) is 0 Å². The summed E-state index contributed by atoms with van der Waals surface area (Å²) in [5.41, 5.74) is 11.5. The lowest BCUT2D eigenvalue weighted by molar-refractivity contribution is 0.680. The van der Waals surface area contributed by atoms with Crippen molar-refractivity contribution in [3.8, 4) is 11.1 Å². The number of nitrogens with zero attached hydrogens (tertiary/aromatic N) is 2. The maximum absolute atomic E-state index is 6.34. The summed E-state index contributed by atoms with van der Waals surface area (Å²) in [4.78, 5) is 12.2. The standard InChI is InChI=1S/C20H17ClN4/c21-16-6-3-13(4-7-16)10-17(22)20-24-18-8-5-14(11-19(18)25-20)15-2-1-9-23-12-15/h1-9,11-12,17H,10,22H2,(H,24,25). The van der Waals surface area contributed by atoms with E-state index in [9.17, 15) is 0 Å². The summed E-state index contributed by atoms with van der Waals surface area (Å²) < 4.78 is 0. The van der Waals surface area contributed by atoms with Crippen LogP contribution >= 0.6 is 11.6 Å². The maximum atomic E-state index is 6.34. The van der Waals surface area contributed by atoms with Crippen molar-refractivity contribution in [1.82, 2.24) is 15.0 Å². The number of pyridine rings is 1. The molecular formula is C20H17ClN4. The zero-order valence-electron chi connectivity index (χ0n) is 13.5. The highest BCUT2D eigenvalue weighted by Gasteiger charge is 2.13. The third-order valence-corrected chi connectivity index (χ3v) is 4.47. The molecule has 0 spiro atoms. The Hall–Kier alpha value is -2.69. The molecule has 0 saturated carbocycles.